The summed E-state index contributed by atoms with van der Waals surface area (Å²) in [6.07, 6.45) is 0. The van der Waals surface area contributed by atoms with Crippen molar-refractivity contribution in [3.05, 3.63) is 64.7 Å². The van der Waals surface area contributed by atoms with Crippen molar-refractivity contribution >= 4 is 35.1 Å². The molecule has 0 aromatic heterocycles. The molecular formula is C14H11N3S2. The zero-order valence-electron chi connectivity index (χ0n) is 9.96. The molecule has 4 rings (SSSR count). The highest BCUT2D eigenvalue weighted by atomic mass is 32.2. The lowest BCUT2D eigenvalue weighted by molar-refractivity contribution is 0.983. The lowest BCUT2D eigenvalue weighted by Crippen LogP contribution is -2.25. The van der Waals surface area contributed by atoms with E-state index in [9.17, 15) is 0 Å². The molecule has 2 N–H and O–H groups in total. The number of rotatable bonds is 2. The van der Waals surface area contributed by atoms with Crippen LogP contribution < -0.4 is 15.2 Å². The predicted molar refractivity (Wildman–Crippen MR) is 82.6 cm³/mol. The topological polar surface area (TPSA) is 27.3 Å². The SMILES string of the molecule is c1ccc(SC2=C3Nc4ccccc4N3NS2)cc1. The maximum absolute atomic E-state index is 3.47. The van der Waals surface area contributed by atoms with E-state index >= 15 is 0 Å². The van der Waals surface area contributed by atoms with Crippen LogP contribution >= 0.6 is 23.7 Å². The lowest BCUT2D eigenvalue weighted by atomic mass is 10.3. The number of nitrogens with zero attached hydrogens (tertiary/aromatic N) is 1. The van der Waals surface area contributed by atoms with E-state index < -0.39 is 0 Å². The van der Waals surface area contributed by atoms with Crippen LogP contribution in [-0.2, 0) is 0 Å². The quantitative estimate of drug-likeness (QED) is 0.813. The highest BCUT2D eigenvalue weighted by Crippen LogP contribution is 2.47. The fourth-order valence-corrected chi connectivity index (χ4v) is 4.03. The van der Waals surface area contributed by atoms with Crippen LogP contribution in [0.3, 0.4) is 0 Å². The van der Waals surface area contributed by atoms with Crippen molar-refractivity contribution in [3.63, 3.8) is 0 Å². The molecule has 0 saturated heterocycles. The van der Waals surface area contributed by atoms with Gasteiger partial charge in [-0.05, 0) is 36.2 Å². The average Bonchev–Trinajstić information content (AvgIpc) is 3.00. The van der Waals surface area contributed by atoms with Gasteiger partial charge < -0.3 is 5.32 Å². The molecule has 94 valence electrons. The van der Waals surface area contributed by atoms with Crippen molar-refractivity contribution in [1.29, 1.82) is 0 Å². The fraction of sp³-hybridized carbons (Fsp3) is 0. The van der Waals surface area contributed by atoms with Gasteiger partial charge >= 0.3 is 0 Å². The van der Waals surface area contributed by atoms with Crippen molar-refractivity contribution < 1.29 is 0 Å². The van der Waals surface area contributed by atoms with E-state index in [0.29, 0.717) is 0 Å². The summed E-state index contributed by atoms with van der Waals surface area (Å²) in [5.41, 5.74) is 2.32. The zero-order valence-corrected chi connectivity index (χ0v) is 11.6. The first-order valence-corrected chi connectivity index (χ1v) is 7.61. The Morgan fingerprint density at radius 2 is 1.74 bits per heavy atom. The Kier molecular flexibility index (Phi) is 2.69. The third-order valence-corrected chi connectivity index (χ3v) is 5.04. The van der Waals surface area contributed by atoms with Gasteiger partial charge in [-0.1, -0.05) is 42.1 Å². The van der Waals surface area contributed by atoms with E-state index in [2.05, 4.69) is 57.6 Å². The van der Waals surface area contributed by atoms with E-state index in [1.54, 1.807) is 23.7 Å². The molecule has 5 heteroatoms. The highest BCUT2D eigenvalue weighted by molar-refractivity contribution is 8.21. The summed E-state index contributed by atoms with van der Waals surface area (Å²) in [5.74, 6) is 1.13. The van der Waals surface area contributed by atoms with Crippen LogP contribution in [0.4, 0.5) is 11.4 Å². The van der Waals surface area contributed by atoms with Crippen LogP contribution in [0.2, 0.25) is 0 Å². The number of hydrogen-bond acceptors (Lipinski definition) is 5. The lowest BCUT2D eigenvalue weighted by Gasteiger charge is -2.11. The van der Waals surface area contributed by atoms with Crippen LogP contribution in [-0.4, -0.2) is 0 Å². The number of benzene rings is 2. The molecule has 2 aromatic rings. The number of thioether (sulfide) groups is 1. The largest absolute Gasteiger partial charge is 0.337 e. The molecule has 2 aliphatic heterocycles. The third-order valence-electron chi connectivity index (χ3n) is 3.00. The summed E-state index contributed by atoms with van der Waals surface area (Å²) in [6.45, 7) is 0. The maximum atomic E-state index is 3.47. The first kappa shape index (κ1) is 11.3. The molecule has 2 heterocycles. The van der Waals surface area contributed by atoms with Gasteiger partial charge in [-0.25, -0.2) is 5.01 Å². The average molecular weight is 285 g/mol. The molecule has 0 fully saturated rings. The molecule has 0 bridgehead atoms. The predicted octanol–water partition coefficient (Wildman–Crippen LogP) is 4.00. The van der Waals surface area contributed by atoms with Gasteiger partial charge in [0.15, 0.2) is 0 Å². The molecule has 2 aliphatic rings. The van der Waals surface area contributed by atoms with Crippen LogP contribution in [0.25, 0.3) is 0 Å². The van der Waals surface area contributed by atoms with E-state index in [1.807, 2.05) is 12.1 Å². The van der Waals surface area contributed by atoms with Crippen molar-refractivity contribution in [1.82, 2.24) is 4.83 Å². The normalized spacial score (nSPS) is 16.3. The molecule has 0 unspecified atom stereocenters. The Morgan fingerprint density at radius 3 is 2.63 bits per heavy atom. The second kappa shape index (κ2) is 4.52. The molecule has 2 aromatic carbocycles. The van der Waals surface area contributed by atoms with Gasteiger partial charge in [0, 0.05) is 4.90 Å². The zero-order chi connectivity index (χ0) is 12.7. The number of hydrazine groups is 1. The fourth-order valence-electron chi connectivity index (χ4n) is 2.12. The Morgan fingerprint density at radius 1 is 0.947 bits per heavy atom. The highest BCUT2D eigenvalue weighted by Gasteiger charge is 2.32. The summed E-state index contributed by atoms with van der Waals surface area (Å²) < 4.78 is 1.24. The van der Waals surface area contributed by atoms with Gasteiger partial charge in [-0.15, -0.1) is 0 Å². The maximum Gasteiger partial charge on any atom is 0.148 e. The summed E-state index contributed by atoms with van der Waals surface area (Å²) in [5, 5.41) is 5.57. The van der Waals surface area contributed by atoms with Gasteiger partial charge in [-0.2, -0.15) is 4.83 Å². The summed E-state index contributed by atoms with van der Waals surface area (Å²) in [6, 6.07) is 18.7. The number of anilines is 2. The van der Waals surface area contributed by atoms with Crippen LogP contribution in [0.1, 0.15) is 0 Å². The molecule has 0 radical (unpaired) electrons. The minimum Gasteiger partial charge on any atom is -0.337 e. The standard InChI is InChI=1S/C14H11N3S2/c1-2-6-10(7-3-1)18-14-13-15-11-8-4-5-9-12(11)17(13)16-19-14/h1-9,15-16H. The molecule has 3 nitrogen and oxygen atoms in total. The van der Waals surface area contributed by atoms with Crippen molar-refractivity contribution in [2.75, 3.05) is 10.3 Å². The summed E-state index contributed by atoms with van der Waals surface area (Å²) >= 11 is 3.42. The molecule has 0 amide bonds. The van der Waals surface area contributed by atoms with Gasteiger partial charge in [0.05, 0.1) is 11.4 Å². The van der Waals surface area contributed by atoms with E-state index in [4.69, 9.17) is 0 Å². The third kappa shape index (κ3) is 1.90. The van der Waals surface area contributed by atoms with Crippen molar-refractivity contribution in [2.45, 2.75) is 4.90 Å². The molecular weight excluding hydrogens is 274 g/mol. The minimum absolute atomic E-state index is 1.13. The molecule has 19 heavy (non-hydrogen) atoms. The molecule has 0 saturated carbocycles. The number of para-hydroxylation sites is 2. The Bertz CT molecular complexity index is 655. The van der Waals surface area contributed by atoms with Gasteiger partial charge in [0.1, 0.15) is 10.1 Å². The van der Waals surface area contributed by atoms with Crippen LogP contribution in [0.5, 0.6) is 0 Å². The minimum atomic E-state index is 1.13. The van der Waals surface area contributed by atoms with Gasteiger partial charge in [-0.3, -0.25) is 0 Å². The second-order valence-electron chi connectivity index (χ2n) is 4.22. The van der Waals surface area contributed by atoms with E-state index in [1.165, 1.54) is 14.8 Å². The molecule has 0 spiro atoms. The first-order valence-electron chi connectivity index (χ1n) is 5.98. The van der Waals surface area contributed by atoms with Crippen molar-refractivity contribution in [2.24, 2.45) is 0 Å². The van der Waals surface area contributed by atoms with E-state index in [-0.39, 0.29) is 0 Å². The van der Waals surface area contributed by atoms with E-state index in [0.717, 1.165) is 11.5 Å². The van der Waals surface area contributed by atoms with Crippen LogP contribution in [0, 0.1) is 0 Å². The summed E-state index contributed by atoms with van der Waals surface area (Å²) in [7, 11) is 0. The van der Waals surface area contributed by atoms with Crippen LogP contribution in [0.15, 0.2) is 69.6 Å². The Balaban J connectivity index is 1.67. The monoisotopic (exact) mass is 285 g/mol. The number of nitrogens with one attached hydrogen (secondary N) is 2. The Hall–Kier alpha value is -1.56. The Labute approximate surface area is 120 Å². The van der Waals surface area contributed by atoms with Crippen molar-refractivity contribution in [3.8, 4) is 0 Å². The number of hydrogen-bond donors (Lipinski definition) is 2. The first-order chi connectivity index (χ1) is 9.42. The van der Waals surface area contributed by atoms with Gasteiger partial charge in [0.25, 0.3) is 0 Å². The second-order valence-corrected chi connectivity index (χ2v) is 6.36. The smallest absolute Gasteiger partial charge is 0.148 e. The summed E-state index contributed by atoms with van der Waals surface area (Å²) in [4.78, 5) is 4.59. The number of fused-ring (bicyclic) bond motifs is 3. The molecule has 0 atom stereocenters. The van der Waals surface area contributed by atoms with Gasteiger partial charge in [0.2, 0.25) is 0 Å². The molecule has 0 aliphatic carbocycles.